The molecule has 2 N–H and O–H groups in total. The third kappa shape index (κ3) is 4.80. The van der Waals surface area contributed by atoms with E-state index in [1.54, 1.807) is 45.0 Å². The van der Waals surface area contributed by atoms with Gasteiger partial charge in [0, 0.05) is 17.5 Å². The molecule has 0 spiro atoms. The molecule has 0 bridgehead atoms. The summed E-state index contributed by atoms with van der Waals surface area (Å²) in [7, 11) is 0. The van der Waals surface area contributed by atoms with Gasteiger partial charge in [0.2, 0.25) is 0 Å². The Balaban J connectivity index is 1.95. The number of rotatable bonds is 3. The first-order valence-corrected chi connectivity index (χ1v) is 7.51. The second kappa shape index (κ2) is 7.12. The Kier molecular flexibility index (Phi) is 5.18. The molecule has 1 aromatic heterocycles. The predicted molar refractivity (Wildman–Crippen MR) is 85.9 cm³/mol. The van der Waals surface area contributed by atoms with Crippen LogP contribution >= 0.6 is 0 Å². The zero-order valence-electron chi connectivity index (χ0n) is 14.0. The first kappa shape index (κ1) is 17.5. The summed E-state index contributed by atoms with van der Waals surface area (Å²) in [4.78, 5) is 27.7. The number of nitrogens with one attached hydrogen (secondary N) is 2. The number of aryl methyl sites for hydroxylation is 1. The highest BCUT2D eigenvalue weighted by Gasteiger charge is 2.17. The van der Waals surface area contributed by atoms with E-state index in [1.165, 1.54) is 0 Å². The van der Waals surface area contributed by atoms with E-state index < -0.39 is 17.6 Å². The van der Waals surface area contributed by atoms with E-state index in [0.717, 1.165) is 0 Å². The minimum absolute atomic E-state index is 0.366. The van der Waals surface area contributed by atoms with Crippen LogP contribution in [-0.4, -0.2) is 27.7 Å². The minimum atomic E-state index is -0.731. The molecule has 128 valence electrons. The standard InChI is InChI=1S/C16H20N4O4/c1-5-12-17-14(24-20-12)11-8-6-10(7-9-11)13(21)18-19-15(22)23-16(2,3)4/h6-9H,5H2,1-4H3,(H,18,21)(H,19,22). The van der Waals surface area contributed by atoms with Crippen LogP contribution in [0.25, 0.3) is 11.5 Å². The molecule has 2 rings (SSSR count). The Morgan fingerprint density at radius 1 is 1.17 bits per heavy atom. The highest BCUT2D eigenvalue weighted by Crippen LogP contribution is 2.17. The fraction of sp³-hybridized carbons (Fsp3) is 0.375. The number of hydrogen-bond donors (Lipinski definition) is 2. The van der Waals surface area contributed by atoms with E-state index in [1.807, 2.05) is 6.92 Å². The molecule has 2 aromatic rings. The summed E-state index contributed by atoms with van der Waals surface area (Å²) in [5.74, 6) is 0.547. The molecule has 0 saturated heterocycles. The molecule has 0 unspecified atom stereocenters. The third-order valence-corrected chi connectivity index (χ3v) is 2.86. The number of ether oxygens (including phenoxy) is 1. The fourth-order valence-corrected chi connectivity index (χ4v) is 1.76. The summed E-state index contributed by atoms with van der Waals surface area (Å²) in [5, 5.41) is 3.82. The van der Waals surface area contributed by atoms with E-state index in [4.69, 9.17) is 9.26 Å². The lowest BCUT2D eigenvalue weighted by Gasteiger charge is -2.19. The summed E-state index contributed by atoms with van der Waals surface area (Å²) < 4.78 is 10.2. The van der Waals surface area contributed by atoms with Gasteiger partial charge in [-0.1, -0.05) is 12.1 Å². The maximum atomic E-state index is 12.0. The number of carbonyl (C=O) groups excluding carboxylic acids is 2. The summed E-state index contributed by atoms with van der Waals surface area (Å²) in [6, 6.07) is 6.57. The quantitative estimate of drug-likeness (QED) is 0.836. The summed E-state index contributed by atoms with van der Waals surface area (Å²) >= 11 is 0. The van der Waals surface area contributed by atoms with Crippen LogP contribution in [0.3, 0.4) is 0 Å². The van der Waals surface area contributed by atoms with Crippen molar-refractivity contribution in [2.24, 2.45) is 0 Å². The van der Waals surface area contributed by atoms with Gasteiger partial charge >= 0.3 is 6.09 Å². The lowest BCUT2D eigenvalue weighted by atomic mass is 10.1. The Hall–Kier alpha value is -2.90. The van der Waals surface area contributed by atoms with Crippen LogP contribution in [0.1, 0.15) is 43.9 Å². The number of aromatic nitrogens is 2. The van der Waals surface area contributed by atoms with Gasteiger partial charge in [-0.2, -0.15) is 4.98 Å². The highest BCUT2D eigenvalue weighted by molar-refractivity contribution is 5.95. The number of hydrazine groups is 1. The molecular weight excluding hydrogens is 312 g/mol. The molecule has 0 aliphatic carbocycles. The van der Waals surface area contributed by atoms with Gasteiger partial charge in [0.15, 0.2) is 5.82 Å². The average Bonchev–Trinajstić information content (AvgIpc) is 3.00. The number of carbonyl (C=O) groups is 2. The van der Waals surface area contributed by atoms with Gasteiger partial charge in [-0.15, -0.1) is 0 Å². The van der Waals surface area contributed by atoms with E-state index in [0.29, 0.717) is 29.3 Å². The van der Waals surface area contributed by atoms with Gasteiger partial charge in [0.25, 0.3) is 11.8 Å². The van der Waals surface area contributed by atoms with Crippen molar-refractivity contribution in [1.82, 2.24) is 21.0 Å². The van der Waals surface area contributed by atoms with Crippen LogP contribution < -0.4 is 10.9 Å². The summed E-state index contributed by atoms with van der Waals surface area (Å²) in [6.07, 6.45) is -0.0502. The lowest BCUT2D eigenvalue weighted by molar-refractivity contribution is 0.0483. The van der Waals surface area contributed by atoms with Crippen molar-refractivity contribution in [2.45, 2.75) is 39.7 Å². The molecule has 0 fully saturated rings. The second-order valence-corrected chi connectivity index (χ2v) is 6.03. The van der Waals surface area contributed by atoms with Crippen molar-refractivity contribution in [2.75, 3.05) is 0 Å². The van der Waals surface area contributed by atoms with Crippen molar-refractivity contribution in [3.63, 3.8) is 0 Å². The molecule has 0 aliphatic rings. The van der Waals surface area contributed by atoms with Crippen LogP contribution in [-0.2, 0) is 11.2 Å². The summed E-state index contributed by atoms with van der Waals surface area (Å²) in [5.41, 5.74) is 4.90. The zero-order chi connectivity index (χ0) is 17.7. The Morgan fingerprint density at radius 3 is 2.38 bits per heavy atom. The molecule has 0 aliphatic heterocycles. The zero-order valence-corrected chi connectivity index (χ0v) is 14.0. The molecule has 2 amide bonds. The van der Waals surface area contributed by atoms with Gasteiger partial charge in [0.05, 0.1) is 0 Å². The molecule has 0 saturated carbocycles. The molecule has 0 radical (unpaired) electrons. The molecule has 0 atom stereocenters. The SMILES string of the molecule is CCc1noc(-c2ccc(C(=O)NNC(=O)OC(C)(C)C)cc2)n1. The third-order valence-electron chi connectivity index (χ3n) is 2.86. The fourth-order valence-electron chi connectivity index (χ4n) is 1.76. The van der Waals surface area contributed by atoms with Crippen molar-refractivity contribution >= 4 is 12.0 Å². The van der Waals surface area contributed by atoms with Gasteiger partial charge in [-0.3, -0.25) is 10.2 Å². The second-order valence-electron chi connectivity index (χ2n) is 6.03. The first-order chi connectivity index (χ1) is 11.3. The molecule has 1 aromatic carbocycles. The Labute approximate surface area is 139 Å². The van der Waals surface area contributed by atoms with E-state index in [2.05, 4.69) is 21.0 Å². The summed E-state index contributed by atoms with van der Waals surface area (Å²) in [6.45, 7) is 7.12. The maximum Gasteiger partial charge on any atom is 0.426 e. The maximum absolute atomic E-state index is 12.0. The van der Waals surface area contributed by atoms with Crippen LogP contribution in [0, 0.1) is 0 Å². The minimum Gasteiger partial charge on any atom is -0.443 e. The molecule has 8 heteroatoms. The first-order valence-electron chi connectivity index (χ1n) is 7.51. The normalized spacial score (nSPS) is 11.0. The van der Waals surface area contributed by atoms with Crippen molar-refractivity contribution in [1.29, 1.82) is 0 Å². The van der Waals surface area contributed by atoms with Crippen LogP contribution in [0.2, 0.25) is 0 Å². The van der Waals surface area contributed by atoms with E-state index >= 15 is 0 Å². The lowest BCUT2D eigenvalue weighted by Crippen LogP contribution is -2.44. The predicted octanol–water partition coefficient (Wildman–Crippen LogP) is 2.47. The van der Waals surface area contributed by atoms with Crippen LogP contribution in [0.5, 0.6) is 0 Å². The largest absolute Gasteiger partial charge is 0.443 e. The number of nitrogens with zero attached hydrogens (tertiary/aromatic N) is 2. The van der Waals surface area contributed by atoms with Crippen molar-refractivity contribution in [3.05, 3.63) is 35.7 Å². The Bertz CT molecular complexity index is 716. The van der Waals surface area contributed by atoms with Gasteiger partial charge in [-0.05, 0) is 45.0 Å². The van der Waals surface area contributed by atoms with Crippen LogP contribution in [0.15, 0.2) is 28.8 Å². The van der Waals surface area contributed by atoms with Gasteiger partial charge < -0.3 is 9.26 Å². The number of benzene rings is 1. The van der Waals surface area contributed by atoms with Gasteiger partial charge in [-0.25, -0.2) is 10.2 Å². The topological polar surface area (TPSA) is 106 Å². The Morgan fingerprint density at radius 2 is 1.83 bits per heavy atom. The molecule has 8 nitrogen and oxygen atoms in total. The van der Waals surface area contributed by atoms with Crippen molar-refractivity contribution in [3.8, 4) is 11.5 Å². The average molecular weight is 332 g/mol. The number of hydrogen-bond acceptors (Lipinski definition) is 6. The monoisotopic (exact) mass is 332 g/mol. The number of amides is 2. The smallest absolute Gasteiger partial charge is 0.426 e. The highest BCUT2D eigenvalue weighted by atomic mass is 16.6. The van der Waals surface area contributed by atoms with Crippen LogP contribution in [0.4, 0.5) is 4.79 Å². The molecule has 24 heavy (non-hydrogen) atoms. The van der Waals surface area contributed by atoms with E-state index in [-0.39, 0.29) is 0 Å². The molecule has 1 heterocycles. The van der Waals surface area contributed by atoms with E-state index in [9.17, 15) is 9.59 Å². The van der Waals surface area contributed by atoms with Crippen molar-refractivity contribution < 1.29 is 18.8 Å². The molecular formula is C16H20N4O4. The van der Waals surface area contributed by atoms with Gasteiger partial charge in [0.1, 0.15) is 5.60 Å².